The van der Waals surface area contributed by atoms with Crippen LogP contribution in [0.2, 0.25) is 5.02 Å². The molecule has 1 aliphatic heterocycles. The molecule has 0 unspecified atom stereocenters. The van der Waals surface area contributed by atoms with Gasteiger partial charge in [0.15, 0.2) is 0 Å². The highest BCUT2D eigenvalue weighted by Crippen LogP contribution is 2.19. The lowest BCUT2D eigenvalue weighted by atomic mass is 10.2. The van der Waals surface area contributed by atoms with Crippen molar-refractivity contribution in [2.75, 3.05) is 26.2 Å². The Morgan fingerprint density at radius 1 is 1.00 bits per heavy atom. The second-order valence-corrected chi connectivity index (χ2v) is 7.42. The van der Waals surface area contributed by atoms with E-state index in [1.807, 2.05) is 24.3 Å². The number of rotatable bonds is 5. The smallest absolute Gasteiger partial charge is 0.241 e. The van der Waals surface area contributed by atoms with Gasteiger partial charge in [0.2, 0.25) is 11.7 Å². The molecule has 5 nitrogen and oxygen atoms in total. The zero-order valence-corrected chi connectivity index (χ0v) is 15.3. The fraction of sp³-hybridized carbons (Fsp3) is 0.333. The van der Waals surface area contributed by atoms with Crippen LogP contribution in [0.4, 0.5) is 0 Å². The molecule has 0 amide bonds. The summed E-state index contributed by atoms with van der Waals surface area (Å²) in [6, 6.07) is 9.67. The maximum absolute atomic E-state index is 5.92. The number of piperazine rings is 1. The summed E-state index contributed by atoms with van der Waals surface area (Å²) in [6.45, 7) is 5.90. The minimum absolute atomic E-state index is 0.614. The van der Waals surface area contributed by atoms with Crippen molar-refractivity contribution < 1.29 is 4.52 Å². The third kappa shape index (κ3) is 4.27. The lowest BCUT2D eigenvalue weighted by molar-refractivity contribution is 0.112. The van der Waals surface area contributed by atoms with Crippen LogP contribution in [0, 0.1) is 0 Å². The standard InChI is InChI=1S/C18H19ClN4OS/c19-16-3-1-15(2-4-16)18-20-17(24-21-18)12-23-8-6-22(7-9-23)11-14-5-10-25-13-14/h1-5,10,13H,6-9,11-12H2. The predicted molar refractivity (Wildman–Crippen MR) is 99.6 cm³/mol. The summed E-state index contributed by atoms with van der Waals surface area (Å²) < 4.78 is 5.42. The average molecular weight is 375 g/mol. The van der Waals surface area contributed by atoms with Crippen LogP contribution in [0.5, 0.6) is 0 Å². The first-order chi connectivity index (χ1) is 12.3. The van der Waals surface area contributed by atoms with E-state index in [0.717, 1.165) is 38.3 Å². The summed E-state index contributed by atoms with van der Waals surface area (Å²) in [5, 5.41) is 9.15. The quantitative estimate of drug-likeness (QED) is 0.680. The average Bonchev–Trinajstić information content (AvgIpc) is 3.29. The first-order valence-electron chi connectivity index (χ1n) is 8.30. The van der Waals surface area contributed by atoms with Gasteiger partial charge in [-0.15, -0.1) is 0 Å². The second kappa shape index (κ2) is 7.66. The summed E-state index contributed by atoms with van der Waals surface area (Å²) in [5.41, 5.74) is 2.32. The molecule has 0 spiro atoms. The van der Waals surface area contributed by atoms with E-state index in [1.165, 1.54) is 5.56 Å². The van der Waals surface area contributed by atoms with Crippen molar-refractivity contribution in [3.63, 3.8) is 0 Å². The lowest BCUT2D eigenvalue weighted by Gasteiger charge is -2.33. The highest BCUT2D eigenvalue weighted by Gasteiger charge is 2.19. The molecule has 130 valence electrons. The summed E-state index contributed by atoms with van der Waals surface area (Å²) in [5.74, 6) is 1.28. The van der Waals surface area contributed by atoms with E-state index in [-0.39, 0.29) is 0 Å². The highest BCUT2D eigenvalue weighted by atomic mass is 35.5. The third-order valence-electron chi connectivity index (χ3n) is 4.38. The maximum atomic E-state index is 5.92. The van der Waals surface area contributed by atoms with Gasteiger partial charge in [-0.25, -0.2) is 0 Å². The molecular formula is C18H19ClN4OS. The van der Waals surface area contributed by atoms with Crippen LogP contribution in [0.25, 0.3) is 11.4 Å². The monoisotopic (exact) mass is 374 g/mol. The largest absolute Gasteiger partial charge is 0.338 e. The number of hydrogen-bond donors (Lipinski definition) is 0. The number of thiophene rings is 1. The first kappa shape index (κ1) is 16.7. The Labute approximate surface area is 155 Å². The van der Waals surface area contributed by atoms with Crippen molar-refractivity contribution in [2.45, 2.75) is 13.1 Å². The van der Waals surface area contributed by atoms with E-state index in [1.54, 1.807) is 11.3 Å². The number of hydrogen-bond acceptors (Lipinski definition) is 6. The number of aromatic nitrogens is 2. The Bertz CT molecular complexity index is 795. The van der Waals surface area contributed by atoms with E-state index in [4.69, 9.17) is 16.1 Å². The molecular weight excluding hydrogens is 356 g/mol. The van der Waals surface area contributed by atoms with Crippen LogP contribution < -0.4 is 0 Å². The molecule has 1 saturated heterocycles. The van der Waals surface area contributed by atoms with E-state index >= 15 is 0 Å². The molecule has 0 saturated carbocycles. The van der Waals surface area contributed by atoms with Gasteiger partial charge in [0.1, 0.15) is 0 Å². The van der Waals surface area contributed by atoms with Crippen LogP contribution in [0.1, 0.15) is 11.5 Å². The van der Waals surface area contributed by atoms with E-state index in [9.17, 15) is 0 Å². The molecule has 0 radical (unpaired) electrons. The van der Waals surface area contributed by atoms with Crippen molar-refractivity contribution in [2.24, 2.45) is 0 Å². The Hall–Kier alpha value is -1.73. The molecule has 3 aromatic rings. The van der Waals surface area contributed by atoms with Gasteiger partial charge in [0.25, 0.3) is 0 Å². The Morgan fingerprint density at radius 3 is 2.40 bits per heavy atom. The number of halogens is 1. The lowest BCUT2D eigenvalue weighted by Crippen LogP contribution is -2.45. The second-order valence-electron chi connectivity index (χ2n) is 6.20. The highest BCUT2D eigenvalue weighted by molar-refractivity contribution is 7.07. The molecule has 4 rings (SSSR count). The van der Waals surface area contributed by atoms with Crippen molar-refractivity contribution in [1.82, 2.24) is 19.9 Å². The third-order valence-corrected chi connectivity index (χ3v) is 5.36. The van der Waals surface area contributed by atoms with Gasteiger partial charge in [-0.1, -0.05) is 16.8 Å². The molecule has 0 N–H and O–H groups in total. The Kier molecular flexibility index (Phi) is 5.12. The van der Waals surface area contributed by atoms with Gasteiger partial charge >= 0.3 is 0 Å². The van der Waals surface area contributed by atoms with Gasteiger partial charge in [-0.3, -0.25) is 9.80 Å². The fourth-order valence-electron chi connectivity index (χ4n) is 2.97. The van der Waals surface area contributed by atoms with Crippen LogP contribution in [0.15, 0.2) is 45.6 Å². The Balaban J connectivity index is 1.31. The molecule has 3 heterocycles. The molecule has 0 aliphatic carbocycles. The van der Waals surface area contributed by atoms with Crippen molar-refractivity contribution in [3.05, 3.63) is 57.6 Å². The van der Waals surface area contributed by atoms with Crippen LogP contribution in [0.3, 0.4) is 0 Å². The predicted octanol–water partition coefficient (Wildman–Crippen LogP) is 3.77. The zero-order chi connectivity index (χ0) is 17.1. The zero-order valence-electron chi connectivity index (χ0n) is 13.8. The minimum Gasteiger partial charge on any atom is -0.338 e. The van der Waals surface area contributed by atoms with Crippen molar-refractivity contribution >= 4 is 22.9 Å². The van der Waals surface area contributed by atoms with Gasteiger partial charge in [0, 0.05) is 43.3 Å². The Morgan fingerprint density at radius 2 is 1.72 bits per heavy atom. The molecule has 25 heavy (non-hydrogen) atoms. The van der Waals surface area contributed by atoms with Crippen LogP contribution >= 0.6 is 22.9 Å². The van der Waals surface area contributed by atoms with E-state index in [2.05, 4.69) is 36.8 Å². The van der Waals surface area contributed by atoms with Gasteiger partial charge in [0.05, 0.1) is 6.54 Å². The van der Waals surface area contributed by atoms with Crippen LogP contribution in [-0.2, 0) is 13.1 Å². The molecule has 2 aromatic heterocycles. The van der Waals surface area contributed by atoms with Crippen molar-refractivity contribution in [1.29, 1.82) is 0 Å². The van der Waals surface area contributed by atoms with Gasteiger partial charge in [-0.05, 0) is 46.7 Å². The summed E-state index contributed by atoms with van der Waals surface area (Å²) in [7, 11) is 0. The summed E-state index contributed by atoms with van der Waals surface area (Å²) in [4.78, 5) is 9.37. The minimum atomic E-state index is 0.614. The number of nitrogens with zero attached hydrogens (tertiary/aromatic N) is 4. The van der Waals surface area contributed by atoms with Crippen molar-refractivity contribution in [3.8, 4) is 11.4 Å². The normalized spacial score (nSPS) is 16.4. The molecule has 1 fully saturated rings. The summed E-state index contributed by atoms with van der Waals surface area (Å²) >= 11 is 7.67. The van der Waals surface area contributed by atoms with Gasteiger partial charge in [-0.2, -0.15) is 16.3 Å². The molecule has 1 aromatic carbocycles. The first-order valence-corrected chi connectivity index (χ1v) is 9.63. The molecule has 7 heteroatoms. The molecule has 0 bridgehead atoms. The SMILES string of the molecule is Clc1ccc(-c2noc(CN3CCN(Cc4ccsc4)CC3)n2)cc1. The molecule has 1 aliphatic rings. The van der Waals surface area contributed by atoms with Crippen LogP contribution in [-0.4, -0.2) is 46.1 Å². The van der Waals surface area contributed by atoms with E-state index < -0.39 is 0 Å². The number of benzene rings is 1. The maximum Gasteiger partial charge on any atom is 0.241 e. The van der Waals surface area contributed by atoms with Gasteiger partial charge < -0.3 is 4.52 Å². The summed E-state index contributed by atoms with van der Waals surface area (Å²) in [6.07, 6.45) is 0. The molecule has 0 atom stereocenters. The fourth-order valence-corrected chi connectivity index (χ4v) is 3.76. The van der Waals surface area contributed by atoms with E-state index in [0.29, 0.717) is 23.3 Å². The topological polar surface area (TPSA) is 45.4 Å².